The van der Waals surface area contributed by atoms with Crippen LogP contribution in [-0.4, -0.2) is 37.5 Å². The van der Waals surface area contributed by atoms with Crippen LogP contribution in [-0.2, 0) is 16.0 Å². The topological polar surface area (TPSA) is 97.7 Å². The predicted molar refractivity (Wildman–Crippen MR) is 104 cm³/mol. The fourth-order valence-electron chi connectivity index (χ4n) is 3.74. The number of aryl methyl sites for hydroxylation is 2. The fraction of sp³-hybridized carbons (Fsp3) is 0.400. The van der Waals surface area contributed by atoms with Crippen molar-refractivity contribution in [1.82, 2.24) is 25.0 Å². The third-order valence-electron chi connectivity index (χ3n) is 5.16. The van der Waals surface area contributed by atoms with Crippen LogP contribution in [0.1, 0.15) is 42.2 Å². The van der Waals surface area contributed by atoms with E-state index in [9.17, 15) is 4.79 Å². The van der Waals surface area contributed by atoms with Crippen molar-refractivity contribution in [1.29, 1.82) is 0 Å². The van der Waals surface area contributed by atoms with Crippen LogP contribution in [0.2, 0.25) is 0 Å². The lowest BCUT2D eigenvalue weighted by molar-refractivity contribution is -0.121. The smallest absolute Gasteiger partial charge is 0.248 e. The second-order valence-corrected chi connectivity index (χ2v) is 6.97. The molecule has 146 valence electrons. The lowest BCUT2D eigenvalue weighted by Crippen LogP contribution is -2.26. The minimum atomic E-state index is -0.331. The number of benzene rings is 1. The average molecular weight is 380 g/mol. The number of anilines is 1. The van der Waals surface area contributed by atoms with Gasteiger partial charge in [0.2, 0.25) is 11.9 Å². The minimum Gasteiger partial charge on any atom is -0.373 e. The summed E-state index contributed by atoms with van der Waals surface area (Å²) < 4.78 is 7.89. The summed E-state index contributed by atoms with van der Waals surface area (Å²) in [6.45, 7) is 6.48. The van der Waals surface area contributed by atoms with E-state index in [-0.39, 0.29) is 17.9 Å². The third kappa shape index (κ3) is 3.31. The molecular formula is C20H24N6O2. The number of carbonyl (C=O) groups is 1. The van der Waals surface area contributed by atoms with Gasteiger partial charge in [-0.05, 0) is 32.4 Å². The van der Waals surface area contributed by atoms with Crippen LogP contribution < -0.4 is 5.32 Å². The van der Waals surface area contributed by atoms with E-state index >= 15 is 0 Å². The molecule has 0 unspecified atom stereocenters. The van der Waals surface area contributed by atoms with Gasteiger partial charge in [-0.2, -0.15) is 10.1 Å². The Morgan fingerprint density at radius 2 is 2.11 bits per heavy atom. The fourth-order valence-corrected chi connectivity index (χ4v) is 3.74. The summed E-state index contributed by atoms with van der Waals surface area (Å²) in [5, 5.41) is 14.4. The number of ether oxygens (including phenoxy) is 1. The Labute approximate surface area is 163 Å². The summed E-state index contributed by atoms with van der Waals surface area (Å²) in [6, 6.07) is 9.96. The van der Waals surface area contributed by atoms with Crippen molar-refractivity contribution in [3.8, 4) is 5.69 Å². The molecule has 0 spiro atoms. The molecule has 0 saturated carbocycles. The van der Waals surface area contributed by atoms with E-state index in [1.165, 1.54) is 0 Å². The second kappa shape index (κ2) is 7.55. The molecule has 1 amide bonds. The number of amides is 1. The summed E-state index contributed by atoms with van der Waals surface area (Å²) in [7, 11) is 0. The minimum absolute atomic E-state index is 0.129. The number of aromatic nitrogens is 5. The number of hydrogen-bond acceptors (Lipinski definition) is 5. The van der Waals surface area contributed by atoms with Crippen LogP contribution >= 0.6 is 0 Å². The maximum Gasteiger partial charge on any atom is 0.248 e. The van der Waals surface area contributed by atoms with Gasteiger partial charge in [-0.15, -0.1) is 5.10 Å². The molecule has 1 aliphatic heterocycles. The van der Waals surface area contributed by atoms with Gasteiger partial charge in [0.1, 0.15) is 5.82 Å². The van der Waals surface area contributed by atoms with Gasteiger partial charge in [0.15, 0.2) is 0 Å². The highest BCUT2D eigenvalue weighted by Gasteiger charge is 2.38. The highest BCUT2D eigenvalue weighted by atomic mass is 16.5. The Bertz CT molecular complexity index is 978. The van der Waals surface area contributed by atoms with E-state index in [4.69, 9.17) is 9.84 Å². The molecule has 0 radical (unpaired) electrons. The average Bonchev–Trinajstić information content (AvgIpc) is 3.41. The van der Waals surface area contributed by atoms with E-state index in [0.29, 0.717) is 19.0 Å². The highest BCUT2D eigenvalue weighted by Crippen LogP contribution is 2.38. The van der Waals surface area contributed by atoms with Crippen molar-refractivity contribution in [3.63, 3.8) is 0 Å². The first-order valence-corrected chi connectivity index (χ1v) is 9.53. The van der Waals surface area contributed by atoms with E-state index in [1.807, 2.05) is 55.8 Å². The molecule has 1 fully saturated rings. The maximum absolute atomic E-state index is 12.9. The van der Waals surface area contributed by atoms with Crippen molar-refractivity contribution >= 4 is 11.9 Å². The van der Waals surface area contributed by atoms with Gasteiger partial charge in [0, 0.05) is 24.3 Å². The molecule has 3 aromatic rings. The summed E-state index contributed by atoms with van der Waals surface area (Å²) in [6.07, 6.45) is 1.05. The predicted octanol–water partition coefficient (Wildman–Crippen LogP) is 2.89. The zero-order valence-corrected chi connectivity index (χ0v) is 16.3. The Kier molecular flexibility index (Phi) is 4.95. The van der Waals surface area contributed by atoms with Gasteiger partial charge < -0.3 is 4.74 Å². The first kappa shape index (κ1) is 18.4. The highest BCUT2D eigenvalue weighted by molar-refractivity contribution is 5.91. The molecule has 28 heavy (non-hydrogen) atoms. The van der Waals surface area contributed by atoms with Gasteiger partial charge in [-0.25, -0.2) is 4.68 Å². The molecule has 8 nitrogen and oxygen atoms in total. The van der Waals surface area contributed by atoms with Gasteiger partial charge in [-0.3, -0.25) is 15.2 Å². The lowest BCUT2D eigenvalue weighted by Gasteiger charge is -2.18. The monoisotopic (exact) mass is 380 g/mol. The Hall–Kier alpha value is -3.00. The number of nitrogens with one attached hydrogen (secondary N) is 2. The van der Waals surface area contributed by atoms with Crippen molar-refractivity contribution in [2.24, 2.45) is 5.92 Å². The summed E-state index contributed by atoms with van der Waals surface area (Å²) in [5.74, 6) is 0.607. The van der Waals surface area contributed by atoms with E-state index in [0.717, 1.165) is 34.9 Å². The summed E-state index contributed by atoms with van der Waals surface area (Å²) in [5.41, 5.74) is 3.82. The molecular weight excluding hydrogens is 356 g/mol. The molecule has 1 saturated heterocycles. The Morgan fingerprint density at radius 3 is 2.82 bits per heavy atom. The number of hydrogen-bond donors (Lipinski definition) is 2. The summed E-state index contributed by atoms with van der Waals surface area (Å²) in [4.78, 5) is 17.1. The largest absolute Gasteiger partial charge is 0.373 e. The van der Waals surface area contributed by atoms with Gasteiger partial charge in [-0.1, -0.05) is 25.1 Å². The van der Waals surface area contributed by atoms with Crippen LogP contribution in [0.4, 0.5) is 5.95 Å². The molecule has 2 aromatic heterocycles. The molecule has 0 bridgehead atoms. The van der Waals surface area contributed by atoms with Crippen LogP contribution in [0.3, 0.4) is 0 Å². The van der Waals surface area contributed by atoms with Crippen LogP contribution in [0, 0.1) is 19.8 Å². The zero-order chi connectivity index (χ0) is 19.7. The molecule has 1 aromatic carbocycles. The lowest BCUT2D eigenvalue weighted by atomic mass is 9.93. The van der Waals surface area contributed by atoms with Crippen molar-refractivity contribution in [2.75, 3.05) is 11.9 Å². The Balaban J connectivity index is 1.60. The zero-order valence-electron chi connectivity index (χ0n) is 16.3. The first-order valence-electron chi connectivity index (χ1n) is 9.53. The van der Waals surface area contributed by atoms with Gasteiger partial charge in [0.05, 0.1) is 23.4 Å². The number of H-pyrrole nitrogens is 1. The quantitative estimate of drug-likeness (QED) is 0.709. The van der Waals surface area contributed by atoms with Gasteiger partial charge >= 0.3 is 0 Å². The number of rotatable bonds is 5. The van der Waals surface area contributed by atoms with Crippen molar-refractivity contribution < 1.29 is 9.53 Å². The van der Waals surface area contributed by atoms with Crippen LogP contribution in [0.5, 0.6) is 0 Å². The molecule has 2 N–H and O–H groups in total. The number of carbonyl (C=O) groups excluding carboxylic acids is 1. The maximum atomic E-state index is 12.9. The number of aromatic amines is 1. The standard InChI is InChI=1S/C20H24N6O2/c1-4-16-21-20(24-23-16)22-19(27)15-10-11-28-18(15)17-12(2)25-26(13(17)3)14-8-6-5-7-9-14/h5-9,15,18H,4,10-11H2,1-3H3,(H2,21,22,23,24,27)/t15-,18-/m0/s1. The van der Waals surface area contributed by atoms with Crippen LogP contribution in [0.15, 0.2) is 30.3 Å². The van der Waals surface area contributed by atoms with E-state index < -0.39 is 0 Å². The SMILES string of the molecule is CCc1nc(NC(=O)[C@H]2CCO[C@@H]2c2c(C)nn(-c3ccccc3)c2C)n[nH]1. The van der Waals surface area contributed by atoms with Crippen molar-refractivity contribution in [3.05, 3.63) is 53.1 Å². The Morgan fingerprint density at radius 1 is 1.32 bits per heavy atom. The summed E-state index contributed by atoms with van der Waals surface area (Å²) >= 11 is 0. The van der Waals surface area contributed by atoms with Crippen LogP contribution in [0.25, 0.3) is 5.69 Å². The number of nitrogens with zero attached hydrogens (tertiary/aromatic N) is 4. The first-order chi connectivity index (χ1) is 13.6. The van der Waals surface area contributed by atoms with E-state index in [1.54, 1.807) is 0 Å². The van der Waals surface area contributed by atoms with Crippen molar-refractivity contribution in [2.45, 2.75) is 39.7 Å². The second-order valence-electron chi connectivity index (χ2n) is 6.97. The normalized spacial score (nSPS) is 19.1. The molecule has 4 rings (SSSR count). The van der Waals surface area contributed by atoms with Gasteiger partial charge in [0.25, 0.3) is 0 Å². The molecule has 8 heteroatoms. The third-order valence-corrected chi connectivity index (χ3v) is 5.16. The molecule has 0 aliphatic carbocycles. The van der Waals surface area contributed by atoms with E-state index in [2.05, 4.69) is 20.5 Å². The molecule has 2 atom stereocenters. The molecule has 1 aliphatic rings. The molecule has 3 heterocycles. The number of para-hydroxylation sites is 1.